The Kier molecular flexibility index (Phi) is 6.42. The third kappa shape index (κ3) is 6.20. The summed E-state index contributed by atoms with van der Waals surface area (Å²) in [6, 6.07) is 6.91. The van der Waals surface area contributed by atoms with E-state index in [-0.39, 0.29) is 18.2 Å². The summed E-state index contributed by atoms with van der Waals surface area (Å²) in [6.07, 6.45) is 4.40. The topological polar surface area (TPSA) is 78.4 Å². The number of amides is 2. The van der Waals surface area contributed by atoms with Crippen molar-refractivity contribution in [2.75, 3.05) is 11.9 Å². The molecule has 1 aliphatic rings. The van der Waals surface area contributed by atoms with E-state index in [2.05, 4.69) is 10.6 Å². The monoisotopic (exact) mass is 338 g/mol. The van der Waals surface area contributed by atoms with Gasteiger partial charge in [-0.3, -0.25) is 9.59 Å². The predicted octanol–water partition coefficient (Wildman–Crippen LogP) is 2.87. The summed E-state index contributed by atoms with van der Waals surface area (Å²) in [6.45, 7) is 0.433. The molecule has 0 saturated heterocycles. The fraction of sp³-hybridized carbons (Fsp3) is 0.529. The van der Waals surface area contributed by atoms with Crippen LogP contribution in [-0.4, -0.2) is 29.1 Å². The standard InChI is InChI=1S/C17H23ClN2O3/c18-13-5-7-14(8-6-13)20-15(21)4-3-11-19-16(22)12-17(23)9-1-2-10-17/h5-8,23H,1-4,9-12H2,(H,19,22)(H,20,21). The van der Waals surface area contributed by atoms with Gasteiger partial charge in [0.15, 0.2) is 0 Å². The molecular formula is C17H23ClN2O3. The highest BCUT2D eigenvalue weighted by Crippen LogP contribution is 2.32. The molecule has 0 aliphatic heterocycles. The van der Waals surface area contributed by atoms with E-state index in [1.165, 1.54) is 0 Å². The van der Waals surface area contributed by atoms with Crippen molar-refractivity contribution in [1.29, 1.82) is 0 Å². The van der Waals surface area contributed by atoms with Crippen molar-refractivity contribution >= 4 is 29.1 Å². The quantitative estimate of drug-likeness (QED) is 0.669. The first-order valence-corrected chi connectivity index (χ1v) is 8.39. The van der Waals surface area contributed by atoms with Crippen LogP contribution in [0, 0.1) is 0 Å². The van der Waals surface area contributed by atoms with Gasteiger partial charge in [-0.05, 0) is 43.5 Å². The molecule has 0 aromatic heterocycles. The lowest BCUT2D eigenvalue weighted by Crippen LogP contribution is -2.35. The van der Waals surface area contributed by atoms with Crippen LogP contribution in [0.4, 0.5) is 5.69 Å². The Morgan fingerprint density at radius 1 is 1.13 bits per heavy atom. The van der Waals surface area contributed by atoms with Gasteiger partial charge in [-0.25, -0.2) is 0 Å². The molecule has 1 saturated carbocycles. The number of hydrogen-bond donors (Lipinski definition) is 3. The second-order valence-corrected chi connectivity index (χ2v) is 6.55. The number of carbonyl (C=O) groups excluding carboxylic acids is 2. The molecule has 0 unspecified atom stereocenters. The Morgan fingerprint density at radius 3 is 2.43 bits per heavy atom. The zero-order valence-electron chi connectivity index (χ0n) is 13.1. The molecular weight excluding hydrogens is 316 g/mol. The fourth-order valence-electron chi connectivity index (χ4n) is 2.80. The molecule has 3 N–H and O–H groups in total. The van der Waals surface area contributed by atoms with Crippen LogP contribution in [0.1, 0.15) is 44.9 Å². The zero-order chi connectivity index (χ0) is 16.7. The highest BCUT2D eigenvalue weighted by Gasteiger charge is 2.33. The van der Waals surface area contributed by atoms with Gasteiger partial charge in [0, 0.05) is 23.7 Å². The lowest BCUT2D eigenvalue weighted by molar-refractivity contribution is -0.126. The molecule has 126 valence electrons. The summed E-state index contributed by atoms with van der Waals surface area (Å²) in [4.78, 5) is 23.6. The number of nitrogens with one attached hydrogen (secondary N) is 2. The average Bonchev–Trinajstić information content (AvgIpc) is 2.92. The van der Waals surface area contributed by atoms with E-state index >= 15 is 0 Å². The molecule has 0 bridgehead atoms. The predicted molar refractivity (Wildman–Crippen MR) is 90.4 cm³/mol. The highest BCUT2D eigenvalue weighted by molar-refractivity contribution is 6.30. The summed E-state index contributed by atoms with van der Waals surface area (Å²) in [5, 5.41) is 16.3. The van der Waals surface area contributed by atoms with Crippen molar-refractivity contribution in [2.45, 2.75) is 50.5 Å². The van der Waals surface area contributed by atoms with Crippen molar-refractivity contribution in [2.24, 2.45) is 0 Å². The molecule has 2 rings (SSSR count). The zero-order valence-corrected chi connectivity index (χ0v) is 13.9. The summed E-state index contributed by atoms with van der Waals surface area (Å²) in [5.41, 5.74) is -0.123. The van der Waals surface area contributed by atoms with Gasteiger partial charge in [-0.1, -0.05) is 24.4 Å². The van der Waals surface area contributed by atoms with Gasteiger partial charge in [0.05, 0.1) is 12.0 Å². The molecule has 0 radical (unpaired) electrons. The molecule has 1 aliphatic carbocycles. The van der Waals surface area contributed by atoms with Crippen LogP contribution in [0.25, 0.3) is 0 Å². The van der Waals surface area contributed by atoms with E-state index < -0.39 is 5.60 Å². The maximum atomic E-state index is 11.8. The number of rotatable bonds is 7. The minimum absolute atomic E-state index is 0.101. The van der Waals surface area contributed by atoms with Crippen molar-refractivity contribution in [3.05, 3.63) is 29.3 Å². The molecule has 2 amide bonds. The van der Waals surface area contributed by atoms with E-state index in [4.69, 9.17) is 11.6 Å². The second-order valence-electron chi connectivity index (χ2n) is 6.12. The molecule has 0 spiro atoms. The molecule has 0 heterocycles. The van der Waals surface area contributed by atoms with Crippen LogP contribution in [0.15, 0.2) is 24.3 Å². The van der Waals surface area contributed by atoms with E-state index in [1.807, 2.05) is 0 Å². The normalized spacial score (nSPS) is 16.1. The smallest absolute Gasteiger partial charge is 0.224 e. The van der Waals surface area contributed by atoms with Gasteiger partial charge in [-0.2, -0.15) is 0 Å². The fourth-order valence-corrected chi connectivity index (χ4v) is 2.93. The third-order valence-electron chi connectivity index (χ3n) is 4.05. The van der Waals surface area contributed by atoms with E-state index in [0.29, 0.717) is 42.9 Å². The van der Waals surface area contributed by atoms with Crippen molar-refractivity contribution in [3.63, 3.8) is 0 Å². The number of hydrogen-bond acceptors (Lipinski definition) is 3. The van der Waals surface area contributed by atoms with Crippen LogP contribution in [0.5, 0.6) is 0 Å². The summed E-state index contributed by atoms with van der Waals surface area (Å²) < 4.78 is 0. The van der Waals surface area contributed by atoms with Gasteiger partial charge < -0.3 is 15.7 Å². The number of anilines is 1. The molecule has 5 nitrogen and oxygen atoms in total. The molecule has 0 atom stereocenters. The molecule has 1 aromatic rings. The van der Waals surface area contributed by atoms with Gasteiger partial charge in [0.25, 0.3) is 0 Å². The second kappa shape index (κ2) is 8.31. The lowest BCUT2D eigenvalue weighted by Gasteiger charge is -2.21. The minimum Gasteiger partial charge on any atom is -0.389 e. The maximum Gasteiger partial charge on any atom is 0.224 e. The molecule has 23 heavy (non-hydrogen) atoms. The first-order chi connectivity index (χ1) is 11.0. The molecule has 6 heteroatoms. The first kappa shape index (κ1) is 17.8. The van der Waals surface area contributed by atoms with Crippen LogP contribution in [-0.2, 0) is 9.59 Å². The Hall–Kier alpha value is -1.59. The number of benzene rings is 1. The lowest BCUT2D eigenvalue weighted by atomic mass is 9.98. The summed E-state index contributed by atoms with van der Waals surface area (Å²) in [7, 11) is 0. The molecule has 1 aromatic carbocycles. The van der Waals surface area contributed by atoms with E-state index in [1.54, 1.807) is 24.3 Å². The SMILES string of the molecule is O=C(CC1(O)CCCC1)NCCCC(=O)Nc1ccc(Cl)cc1. The Balaban J connectivity index is 1.60. The van der Waals surface area contributed by atoms with Gasteiger partial charge >= 0.3 is 0 Å². The molecule has 1 fully saturated rings. The minimum atomic E-state index is -0.823. The Bertz CT molecular complexity index is 539. The average molecular weight is 339 g/mol. The van der Waals surface area contributed by atoms with Crippen LogP contribution < -0.4 is 10.6 Å². The Morgan fingerprint density at radius 2 is 1.78 bits per heavy atom. The van der Waals surface area contributed by atoms with Crippen LogP contribution >= 0.6 is 11.6 Å². The van der Waals surface area contributed by atoms with E-state index in [9.17, 15) is 14.7 Å². The van der Waals surface area contributed by atoms with Crippen LogP contribution in [0.2, 0.25) is 5.02 Å². The summed E-state index contributed by atoms with van der Waals surface area (Å²) >= 11 is 5.78. The highest BCUT2D eigenvalue weighted by atomic mass is 35.5. The number of aliphatic hydroxyl groups is 1. The van der Waals surface area contributed by atoms with Crippen molar-refractivity contribution < 1.29 is 14.7 Å². The van der Waals surface area contributed by atoms with Crippen LogP contribution in [0.3, 0.4) is 0 Å². The number of halogens is 1. The first-order valence-electron chi connectivity index (χ1n) is 8.01. The third-order valence-corrected chi connectivity index (χ3v) is 4.31. The van der Waals surface area contributed by atoms with Gasteiger partial charge in [-0.15, -0.1) is 0 Å². The maximum absolute atomic E-state index is 11.8. The Labute approximate surface area is 141 Å². The van der Waals surface area contributed by atoms with Gasteiger partial charge in [0.1, 0.15) is 0 Å². The van der Waals surface area contributed by atoms with E-state index in [0.717, 1.165) is 12.8 Å². The van der Waals surface area contributed by atoms with Crippen molar-refractivity contribution in [3.8, 4) is 0 Å². The van der Waals surface area contributed by atoms with Crippen molar-refractivity contribution in [1.82, 2.24) is 5.32 Å². The number of carbonyl (C=O) groups is 2. The van der Waals surface area contributed by atoms with Gasteiger partial charge in [0.2, 0.25) is 11.8 Å². The summed E-state index contributed by atoms with van der Waals surface area (Å²) in [5.74, 6) is -0.247. The largest absolute Gasteiger partial charge is 0.389 e.